The highest BCUT2D eigenvalue weighted by Crippen LogP contribution is 2.41. The Morgan fingerprint density at radius 3 is 2.92 bits per heavy atom. The largest absolute Gasteiger partial charge is 0.391 e. The Morgan fingerprint density at radius 2 is 2.31 bits per heavy atom. The molecular weight excluding hydrogens is 354 g/mol. The highest BCUT2D eigenvalue weighted by molar-refractivity contribution is 5.77. The van der Waals surface area contributed by atoms with Gasteiger partial charge in [0.1, 0.15) is 24.3 Å². The van der Waals surface area contributed by atoms with E-state index >= 15 is 0 Å². The summed E-state index contributed by atoms with van der Waals surface area (Å²) in [6.45, 7) is 0.182. The number of halogens is 2. The zero-order valence-electron chi connectivity index (χ0n) is 13.5. The molecule has 6 N–H and O–H groups in total. The highest BCUT2D eigenvalue weighted by atomic mass is 19.1. The van der Waals surface area contributed by atoms with Crippen LogP contribution in [0.25, 0.3) is 11.0 Å². The Kier molecular flexibility index (Phi) is 4.45. The fourth-order valence-corrected chi connectivity index (χ4v) is 3.00. The summed E-state index contributed by atoms with van der Waals surface area (Å²) in [5, 5.41) is 30.5. The van der Waals surface area contributed by atoms with Gasteiger partial charge in [0.05, 0.1) is 6.10 Å². The molecule has 0 aromatic carbocycles. The number of fused-ring (bicyclic) bond motifs is 1. The van der Waals surface area contributed by atoms with Gasteiger partial charge >= 0.3 is 0 Å². The van der Waals surface area contributed by atoms with E-state index in [2.05, 4.69) is 15.9 Å². The molecule has 11 heteroatoms. The second-order valence-electron chi connectivity index (χ2n) is 5.93. The first kappa shape index (κ1) is 18.3. The number of ether oxygens (including phenoxy) is 1. The van der Waals surface area contributed by atoms with Gasteiger partial charge in [0, 0.05) is 6.20 Å². The molecule has 1 unspecified atom stereocenters. The number of aliphatic hydroxyl groups excluding tert-OH is 2. The third-order valence-electron chi connectivity index (χ3n) is 4.16. The van der Waals surface area contributed by atoms with E-state index in [1.165, 1.54) is 6.92 Å². The SMILES string of the molecule is C[C@@H](O)[C@H]1O[C@@H](n2cc(F)c3c(=O)[nH]c(N)nc32)C(O)(C#CCF)[C@H]1O. The van der Waals surface area contributed by atoms with Crippen molar-refractivity contribution in [2.45, 2.75) is 37.1 Å². The van der Waals surface area contributed by atoms with Crippen LogP contribution in [-0.4, -0.2) is 60.4 Å². The number of nitrogens with zero attached hydrogens (tertiary/aromatic N) is 2. The number of hydrogen-bond acceptors (Lipinski definition) is 7. The van der Waals surface area contributed by atoms with Crippen LogP contribution in [0, 0.1) is 17.7 Å². The number of aromatic amines is 1. The molecule has 1 fully saturated rings. The van der Waals surface area contributed by atoms with Gasteiger partial charge in [0.2, 0.25) is 5.95 Å². The van der Waals surface area contributed by atoms with Gasteiger partial charge in [-0.3, -0.25) is 14.3 Å². The van der Waals surface area contributed by atoms with Crippen molar-refractivity contribution in [1.82, 2.24) is 14.5 Å². The van der Waals surface area contributed by atoms with Gasteiger partial charge in [-0.15, -0.1) is 0 Å². The van der Waals surface area contributed by atoms with Crippen molar-refractivity contribution >= 4 is 17.0 Å². The van der Waals surface area contributed by atoms with Crippen LogP contribution in [0.2, 0.25) is 0 Å². The molecule has 3 rings (SSSR count). The van der Waals surface area contributed by atoms with E-state index in [9.17, 15) is 28.9 Å². The molecule has 1 aliphatic rings. The van der Waals surface area contributed by atoms with E-state index in [4.69, 9.17) is 10.5 Å². The molecule has 5 atom stereocenters. The third-order valence-corrected chi connectivity index (χ3v) is 4.16. The number of nitrogens with two attached hydrogens (primary N) is 1. The van der Waals surface area contributed by atoms with Crippen LogP contribution in [0.1, 0.15) is 13.2 Å². The number of alkyl halides is 1. The van der Waals surface area contributed by atoms with Gasteiger partial charge in [-0.05, 0) is 6.92 Å². The van der Waals surface area contributed by atoms with E-state index < -0.39 is 53.6 Å². The van der Waals surface area contributed by atoms with E-state index in [1.54, 1.807) is 0 Å². The molecule has 26 heavy (non-hydrogen) atoms. The molecule has 1 aliphatic heterocycles. The minimum absolute atomic E-state index is 0.271. The quantitative estimate of drug-likeness (QED) is 0.417. The molecule has 0 radical (unpaired) electrons. The monoisotopic (exact) mass is 370 g/mol. The van der Waals surface area contributed by atoms with Gasteiger partial charge in [0.25, 0.3) is 5.56 Å². The second-order valence-corrected chi connectivity index (χ2v) is 5.93. The average Bonchev–Trinajstić information content (AvgIpc) is 3.01. The lowest BCUT2D eigenvalue weighted by molar-refractivity contribution is -0.0846. The first-order chi connectivity index (χ1) is 12.2. The maximum atomic E-state index is 14.2. The number of aliphatic hydroxyl groups is 3. The number of anilines is 1. The molecule has 2 aromatic heterocycles. The summed E-state index contributed by atoms with van der Waals surface area (Å²) in [7, 11) is 0. The normalized spacial score (nSPS) is 29.5. The van der Waals surface area contributed by atoms with Gasteiger partial charge in [-0.1, -0.05) is 11.8 Å². The number of nitrogen functional groups attached to an aromatic ring is 1. The van der Waals surface area contributed by atoms with Gasteiger partial charge in [0.15, 0.2) is 23.3 Å². The van der Waals surface area contributed by atoms with Crippen LogP contribution in [0.5, 0.6) is 0 Å². The molecule has 3 heterocycles. The lowest BCUT2D eigenvalue weighted by atomic mass is 9.92. The first-order valence-electron chi connectivity index (χ1n) is 7.56. The van der Waals surface area contributed by atoms with Gasteiger partial charge in [-0.25, -0.2) is 8.78 Å². The van der Waals surface area contributed by atoms with E-state index in [0.717, 1.165) is 10.8 Å². The minimum atomic E-state index is -2.40. The molecule has 9 nitrogen and oxygen atoms in total. The first-order valence-corrected chi connectivity index (χ1v) is 7.56. The van der Waals surface area contributed by atoms with Crippen molar-refractivity contribution in [3.8, 4) is 11.8 Å². The number of nitrogens with one attached hydrogen (secondary N) is 1. The van der Waals surface area contributed by atoms with Gasteiger partial charge < -0.3 is 25.8 Å². The van der Waals surface area contributed by atoms with Crippen molar-refractivity contribution in [1.29, 1.82) is 0 Å². The zero-order valence-corrected chi connectivity index (χ0v) is 13.5. The van der Waals surface area contributed by atoms with E-state index in [1.807, 2.05) is 5.92 Å². The van der Waals surface area contributed by atoms with E-state index in [-0.39, 0.29) is 11.6 Å². The molecule has 2 aromatic rings. The molecule has 0 saturated carbocycles. The number of H-pyrrole nitrogens is 1. The molecule has 0 bridgehead atoms. The predicted octanol–water partition coefficient (Wildman–Crippen LogP) is -1.21. The summed E-state index contributed by atoms with van der Waals surface area (Å²) in [5.41, 5.74) is 1.96. The summed E-state index contributed by atoms with van der Waals surface area (Å²) in [4.78, 5) is 17.9. The summed E-state index contributed by atoms with van der Waals surface area (Å²) < 4.78 is 33.1. The topological polar surface area (TPSA) is 147 Å². The average molecular weight is 370 g/mol. The summed E-state index contributed by atoms with van der Waals surface area (Å²) in [6.07, 6.45) is -5.06. The second kappa shape index (κ2) is 6.33. The Hall–Kier alpha value is -2.52. The molecule has 140 valence electrons. The number of rotatable bonds is 2. The molecule has 0 spiro atoms. The van der Waals surface area contributed by atoms with Crippen LogP contribution in [0.4, 0.5) is 14.7 Å². The lowest BCUT2D eigenvalue weighted by Crippen LogP contribution is -2.47. The highest BCUT2D eigenvalue weighted by Gasteiger charge is 2.57. The minimum Gasteiger partial charge on any atom is -0.391 e. The predicted molar refractivity (Wildman–Crippen MR) is 85.0 cm³/mol. The van der Waals surface area contributed by atoms with Crippen LogP contribution >= 0.6 is 0 Å². The Balaban J connectivity index is 2.24. The van der Waals surface area contributed by atoms with Crippen LogP contribution in [0.3, 0.4) is 0 Å². The number of hydrogen-bond donors (Lipinski definition) is 5. The number of aromatic nitrogens is 3. The van der Waals surface area contributed by atoms with Crippen LogP contribution in [-0.2, 0) is 4.74 Å². The summed E-state index contributed by atoms with van der Waals surface area (Å²) in [5.74, 6) is 2.85. The summed E-state index contributed by atoms with van der Waals surface area (Å²) in [6, 6.07) is 0. The maximum absolute atomic E-state index is 14.2. The van der Waals surface area contributed by atoms with E-state index in [0.29, 0.717) is 0 Å². The fraction of sp³-hybridized carbons (Fsp3) is 0.467. The fourth-order valence-electron chi connectivity index (χ4n) is 3.00. The van der Waals surface area contributed by atoms with Crippen molar-refractivity contribution in [2.24, 2.45) is 0 Å². The zero-order chi connectivity index (χ0) is 19.2. The van der Waals surface area contributed by atoms with Crippen molar-refractivity contribution in [3.05, 3.63) is 22.4 Å². The molecule has 0 aliphatic carbocycles. The standard InChI is InChI=1S/C15H16F2N4O5/c1-6(22)9-10(23)15(25,3-2-4-16)13(26-9)21-5-7(17)8-11(21)19-14(18)20-12(8)24/h5-6,9-10,13,22-23,25H,4H2,1H3,(H3,18,19,20,24)/t6-,9-,10+,13-,15?/m1/s1. The summed E-state index contributed by atoms with van der Waals surface area (Å²) >= 11 is 0. The maximum Gasteiger partial charge on any atom is 0.264 e. The van der Waals surface area contributed by atoms with Crippen LogP contribution in [0.15, 0.2) is 11.0 Å². The lowest BCUT2D eigenvalue weighted by Gasteiger charge is -2.26. The van der Waals surface area contributed by atoms with Crippen molar-refractivity contribution in [2.75, 3.05) is 12.4 Å². The van der Waals surface area contributed by atoms with Crippen molar-refractivity contribution < 1.29 is 28.8 Å². The molecular formula is C15H16F2N4O5. The molecule has 0 amide bonds. The Morgan fingerprint density at radius 1 is 1.62 bits per heavy atom. The smallest absolute Gasteiger partial charge is 0.264 e. The van der Waals surface area contributed by atoms with Crippen molar-refractivity contribution in [3.63, 3.8) is 0 Å². The third kappa shape index (κ3) is 2.63. The Labute approximate surface area is 145 Å². The van der Waals surface area contributed by atoms with Gasteiger partial charge in [-0.2, -0.15) is 4.98 Å². The Bertz CT molecular complexity index is 963. The van der Waals surface area contributed by atoms with Crippen LogP contribution < -0.4 is 11.3 Å². The molecule has 1 saturated heterocycles.